The van der Waals surface area contributed by atoms with E-state index < -0.39 is 6.43 Å². The molecule has 1 nitrogen and oxygen atoms in total. The van der Waals surface area contributed by atoms with E-state index in [1.54, 1.807) is 24.3 Å². The molecule has 0 aromatic heterocycles. The topological polar surface area (TPSA) is 20.2 Å². The number of hydrogen-bond acceptors (Lipinski definition) is 1. The van der Waals surface area contributed by atoms with Crippen LogP contribution in [0.3, 0.4) is 0 Å². The fraction of sp³-hybridized carbons (Fsp3) is 0.273. The molecule has 0 amide bonds. The molecule has 0 fully saturated rings. The van der Waals surface area contributed by atoms with Gasteiger partial charge in [-0.15, -0.1) is 0 Å². The fourth-order valence-corrected chi connectivity index (χ4v) is 1.05. The summed E-state index contributed by atoms with van der Waals surface area (Å²) in [5.74, 6) is 0. The minimum atomic E-state index is -2.41. The number of hydrogen-bond donors (Lipinski definition) is 1. The van der Waals surface area contributed by atoms with Crippen LogP contribution in [-0.4, -0.2) is 11.7 Å². The summed E-state index contributed by atoms with van der Waals surface area (Å²) in [6, 6.07) is 6.08. The molecule has 0 heterocycles. The third-order valence-electron chi connectivity index (χ3n) is 1.79. The molecule has 0 aliphatic rings. The van der Waals surface area contributed by atoms with E-state index in [0.717, 1.165) is 5.56 Å². The lowest BCUT2D eigenvalue weighted by Crippen LogP contribution is -1.83. The van der Waals surface area contributed by atoms with Crippen LogP contribution >= 0.6 is 0 Å². The Morgan fingerprint density at radius 1 is 1.21 bits per heavy atom. The monoisotopic (exact) mass is 198 g/mol. The first kappa shape index (κ1) is 10.9. The van der Waals surface area contributed by atoms with E-state index in [4.69, 9.17) is 5.11 Å². The summed E-state index contributed by atoms with van der Waals surface area (Å²) >= 11 is 0. The van der Waals surface area contributed by atoms with Crippen LogP contribution in [0.15, 0.2) is 30.3 Å². The Labute approximate surface area is 81.7 Å². The Morgan fingerprint density at radius 2 is 1.86 bits per heavy atom. The van der Waals surface area contributed by atoms with E-state index in [2.05, 4.69) is 0 Å². The summed E-state index contributed by atoms with van der Waals surface area (Å²) in [7, 11) is 0. The second kappa shape index (κ2) is 5.50. The average Bonchev–Trinajstić information content (AvgIpc) is 2.19. The summed E-state index contributed by atoms with van der Waals surface area (Å²) < 4.78 is 24.3. The van der Waals surface area contributed by atoms with Crippen molar-refractivity contribution in [3.05, 3.63) is 41.5 Å². The van der Waals surface area contributed by atoms with Crippen molar-refractivity contribution < 1.29 is 13.9 Å². The number of alkyl halides is 2. The lowest BCUT2D eigenvalue weighted by molar-refractivity contribution is 0.151. The van der Waals surface area contributed by atoms with E-state index in [1.165, 1.54) is 12.1 Å². The zero-order valence-electron chi connectivity index (χ0n) is 7.66. The van der Waals surface area contributed by atoms with Gasteiger partial charge in [0.2, 0.25) is 0 Å². The standard InChI is InChI=1S/C11H12F2O/c12-11(13)10-6-4-9(5-7-10)3-1-2-8-14/h1,3-7,11,14H,2,8H2. The second-order valence-electron chi connectivity index (χ2n) is 2.88. The molecule has 0 bridgehead atoms. The largest absolute Gasteiger partial charge is 0.396 e. The van der Waals surface area contributed by atoms with Gasteiger partial charge < -0.3 is 5.11 Å². The molecule has 1 aromatic carbocycles. The van der Waals surface area contributed by atoms with Crippen molar-refractivity contribution in [1.82, 2.24) is 0 Å². The summed E-state index contributed by atoms with van der Waals surface area (Å²) in [6.45, 7) is 0.103. The molecule has 1 rings (SSSR count). The maximum Gasteiger partial charge on any atom is 0.263 e. The number of benzene rings is 1. The minimum Gasteiger partial charge on any atom is -0.396 e. The van der Waals surface area contributed by atoms with E-state index in [0.29, 0.717) is 6.42 Å². The predicted molar refractivity (Wildman–Crippen MR) is 52.1 cm³/mol. The average molecular weight is 198 g/mol. The third-order valence-corrected chi connectivity index (χ3v) is 1.79. The van der Waals surface area contributed by atoms with Gasteiger partial charge in [0.25, 0.3) is 6.43 Å². The molecule has 1 aromatic rings. The zero-order valence-corrected chi connectivity index (χ0v) is 7.66. The molecule has 0 unspecified atom stereocenters. The Morgan fingerprint density at radius 3 is 2.36 bits per heavy atom. The highest BCUT2D eigenvalue weighted by Crippen LogP contribution is 2.18. The highest BCUT2D eigenvalue weighted by atomic mass is 19.3. The molecule has 3 heteroatoms. The Bertz CT molecular complexity index is 291. The van der Waals surface area contributed by atoms with Gasteiger partial charge in [-0.25, -0.2) is 8.78 Å². The van der Waals surface area contributed by atoms with Crippen molar-refractivity contribution in [3.63, 3.8) is 0 Å². The smallest absolute Gasteiger partial charge is 0.263 e. The Kier molecular flexibility index (Phi) is 4.26. The van der Waals surface area contributed by atoms with Crippen molar-refractivity contribution in [2.24, 2.45) is 0 Å². The van der Waals surface area contributed by atoms with Crippen LogP contribution in [-0.2, 0) is 0 Å². The summed E-state index contributed by atoms with van der Waals surface area (Å²) in [4.78, 5) is 0. The molecule has 0 atom stereocenters. The highest BCUT2D eigenvalue weighted by Gasteiger charge is 2.04. The normalized spacial score (nSPS) is 11.4. The summed E-state index contributed by atoms with van der Waals surface area (Å²) in [5, 5.41) is 8.51. The molecule has 0 saturated heterocycles. The quantitative estimate of drug-likeness (QED) is 0.788. The minimum absolute atomic E-state index is 0.0318. The number of aliphatic hydroxyl groups excluding tert-OH is 1. The summed E-state index contributed by atoms with van der Waals surface area (Å²) in [6.07, 6.45) is 1.77. The predicted octanol–water partition coefficient (Wildman–Crippen LogP) is 3.02. The van der Waals surface area contributed by atoms with Crippen molar-refractivity contribution in [2.45, 2.75) is 12.8 Å². The van der Waals surface area contributed by atoms with Gasteiger partial charge in [0.05, 0.1) is 0 Å². The van der Waals surface area contributed by atoms with E-state index in [1.807, 2.05) is 0 Å². The van der Waals surface area contributed by atoms with Gasteiger partial charge in [-0.2, -0.15) is 0 Å². The van der Waals surface area contributed by atoms with Gasteiger partial charge in [0.15, 0.2) is 0 Å². The maximum atomic E-state index is 12.2. The van der Waals surface area contributed by atoms with Crippen LogP contribution in [0, 0.1) is 0 Å². The Balaban J connectivity index is 2.64. The van der Waals surface area contributed by atoms with E-state index in [-0.39, 0.29) is 12.2 Å². The zero-order chi connectivity index (χ0) is 10.4. The van der Waals surface area contributed by atoms with E-state index >= 15 is 0 Å². The molecule has 0 radical (unpaired) electrons. The molecule has 0 aliphatic carbocycles. The molecular weight excluding hydrogens is 186 g/mol. The first-order valence-electron chi connectivity index (χ1n) is 4.39. The Hall–Kier alpha value is -1.22. The van der Waals surface area contributed by atoms with Crippen LogP contribution in [0.4, 0.5) is 8.78 Å². The SMILES string of the molecule is OCCC=Cc1ccc(C(F)F)cc1. The van der Waals surface area contributed by atoms with Crippen molar-refractivity contribution >= 4 is 6.08 Å². The number of aliphatic hydroxyl groups is 1. The van der Waals surface area contributed by atoms with Gasteiger partial charge in [-0.1, -0.05) is 36.4 Å². The molecule has 1 N–H and O–H groups in total. The lowest BCUT2D eigenvalue weighted by atomic mass is 10.1. The molecule has 14 heavy (non-hydrogen) atoms. The maximum absolute atomic E-state index is 12.2. The summed E-state index contributed by atoms with van der Waals surface area (Å²) in [5.41, 5.74) is 0.896. The highest BCUT2D eigenvalue weighted by molar-refractivity contribution is 5.49. The molecule has 0 spiro atoms. The first-order chi connectivity index (χ1) is 6.74. The molecular formula is C11H12F2O. The fourth-order valence-electron chi connectivity index (χ4n) is 1.05. The lowest BCUT2D eigenvalue weighted by Gasteiger charge is -1.99. The third kappa shape index (κ3) is 3.26. The molecule has 0 saturated carbocycles. The van der Waals surface area contributed by atoms with Gasteiger partial charge in [-0.3, -0.25) is 0 Å². The number of rotatable bonds is 4. The molecule has 0 aliphatic heterocycles. The van der Waals surface area contributed by atoms with Crippen LogP contribution < -0.4 is 0 Å². The van der Waals surface area contributed by atoms with Crippen LogP contribution in [0.25, 0.3) is 6.08 Å². The van der Waals surface area contributed by atoms with Gasteiger partial charge in [0, 0.05) is 12.2 Å². The number of halogens is 2. The van der Waals surface area contributed by atoms with E-state index in [9.17, 15) is 8.78 Å². The second-order valence-corrected chi connectivity index (χ2v) is 2.88. The van der Waals surface area contributed by atoms with Gasteiger partial charge >= 0.3 is 0 Å². The van der Waals surface area contributed by atoms with Gasteiger partial charge in [0.1, 0.15) is 0 Å². The molecule has 76 valence electrons. The van der Waals surface area contributed by atoms with Crippen LogP contribution in [0.5, 0.6) is 0 Å². The van der Waals surface area contributed by atoms with Crippen molar-refractivity contribution in [2.75, 3.05) is 6.61 Å². The first-order valence-corrected chi connectivity index (χ1v) is 4.39. The van der Waals surface area contributed by atoms with Crippen LogP contribution in [0.1, 0.15) is 24.0 Å². The van der Waals surface area contributed by atoms with Crippen molar-refractivity contribution in [1.29, 1.82) is 0 Å². The van der Waals surface area contributed by atoms with Crippen molar-refractivity contribution in [3.8, 4) is 0 Å². The van der Waals surface area contributed by atoms with Gasteiger partial charge in [-0.05, 0) is 12.0 Å². The van der Waals surface area contributed by atoms with Crippen LogP contribution in [0.2, 0.25) is 0 Å².